The topological polar surface area (TPSA) is 78.9 Å². The molecule has 0 heterocycles. The van der Waals surface area contributed by atoms with Crippen molar-refractivity contribution in [3.05, 3.63) is 29.8 Å². The highest BCUT2D eigenvalue weighted by Gasteiger charge is 2.19. The Morgan fingerprint density at radius 2 is 2.15 bits per heavy atom. The van der Waals surface area contributed by atoms with Gasteiger partial charge in [0.05, 0.1) is 7.11 Å². The Morgan fingerprint density at radius 1 is 1.45 bits per heavy atom. The first-order chi connectivity index (χ1) is 9.47. The second-order valence-corrected chi connectivity index (χ2v) is 4.46. The van der Waals surface area contributed by atoms with Gasteiger partial charge in [0.25, 0.3) is 0 Å². The minimum Gasteiger partial charge on any atom is -0.497 e. The van der Waals surface area contributed by atoms with Gasteiger partial charge in [-0.2, -0.15) is 0 Å². The molecule has 1 aromatic carbocycles. The Morgan fingerprint density at radius 3 is 2.70 bits per heavy atom. The summed E-state index contributed by atoms with van der Waals surface area (Å²) in [5.74, 6) is -0.316. The van der Waals surface area contributed by atoms with Crippen molar-refractivity contribution in [3.63, 3.8) is 0 Å². The number of carboxylic acid groups (broad SMARTS) is 1. The monoisotopic (exact) mass is 280 g/mol. The standard InChI is InChI=1S/C14H20N2O4/c1-4-12(13(17)18)15-14(19)16(2)9-10-6-5-7-11(8-10)20-3/h5-8,12H,4,9H2,1-3H3,(H,15,19)(H,17,18)/t12-/m0/s1. The fourth-order valence-electron chi connectivity index (χ4n) is 1.71. The zero-order chi connectivity index (χ0) is 15.1. The number of nitrogens with one attached hydrogen (secondary N) is 1. The van der Waals surface area contributed by atoms with Crippen LogP contribution in [0, 0.1) is 0 Å². The van der Waals surface area contributed by atoms with Gasteiger partial charge in [0, 0.05) is 13.6 Å². The molecule has 20 heavy (non-hydrogen) atoms. The molecule has 1 atom stereocenters. The highest BCUT2D eigenvalue weighted by molar-refractivity contribution is 5.82. The van der Waals surface area contributed by atoms with Gasteiger partial charge < -0.3 is 20.1 Å². The van der Waals surface area contributed by atoms with Gasteiger partial charge in [0.2, 0.25) is 0 Å². The summed E-state index contributed by atoms with van der Waals surface area (Å²) in [7, 11) is 3.19. The van der Waals surface area contributed by atoms with E-state index in [9.17, 15) is 9.59 Å². The third-order valence-corrected chi connectivity index (χ3v) is 2.90. The van der Waals surface area contributed by atoms with Crippen molar-refractivity contribution in [3.8, 4) is 5.75 Å². The van der Waals surface area contributed by atoms with Crippen LogP contribution in [0.15, 0.2) is 24.3 Å². The lowest BCUT2D eigenvalue weighted by atomic mass is 10.2. The van der Waals surface area contributed by atoms with E-state index in [1.807, 2.05) is 24.3 Å². The Kier molecular flexibility index (Phi) is 5.83. The van der Waals surface area contributed by atoms with Crippen molar-refractivity contribution in [2.75, 3.05) is 14.2 Å². The van der Waals surface area contributed by atoms with E-state index < -0.39 is 18.0 Å². The minimum absolute atomic E-state index is 0.341. The number of ether oxygens (including phenoxy) is 1. The second kappa shape index (κ2) is 7.37. The molecule has 110 valence electrons. The summed E-state index contributed by atoms with van der Waals surface area (Å²) in [6.45, 7) is 2.08. The van der Waals surface area contributed by atoms with Gasteiger partial charge in [-0.05, 0) is 24.1 Å². The minimum atomic E-state index is -1.03. The van der Waals surface area contributed by atoms with Crippen molar-refractivity contribution < 1.29 is 19.4 Å². The number of carboxylic acids is 1. The first-order valence-corrected chi connectivity index (χ1v) is 6.35. The summed E-state index contributed by atoms with van der Waals surface area (Å²) in [5.41, 5.74) is 0.908. The highest BCUT2D eigenvalue weighted by Crippen LogP contribution is 2.13. The van der Waals surface area contributed by atoms with E-state index in [1.54, 1.807) is 21.1 Å². The molecule has 0 saturated carbocycles. The van der Waals surface area contributed by atoms with E-state index in [0.29, 0.717) is 18.7 Å². The van der Waals surface area contributed by atoms with Crippen LogP contribution in [-0.2, 0) is 11.3 Å². The van der Waals surface area contributed by atoms with Crippen molar-refractivity contribution in [2.45, 2.75) is 25.9 Å². The van der Waals surface area contributed by atoms with Gasteiger partial charge in [0.1, 0.15) is 11.8 Å². The van der Waals surface area contributed by atoms with Gasteiger partial charge in [-0.25, -0.2) is 9.59 Å². The molecule has 2 amide bonds. The van der Waals surface area contributed by atoms with Crippen LogP contribution in [-0.4, -0.2) is 42.2 Å². The summed E-state index contributed by atoms with van der Waals surface area (Å²) in [6.07, 6.45) is 0.341. The van der Waals surface area contributed by atoms with Crippen LogP contribution in [0.25, 0.3) is 0 Å². The summed E-state index contributed by atoms with van der Waals surface area (Å²) < 4.78 is 5.11. The molecule has 0 saturated heterocycles. The Labute approximate surface area is 118 Å². The number of benzene rings is 1. The van der Waals surface area contributed by atoms with E-state index in [-0.39, 0.29) is 0 Å². The molecular weight excluding hydrogens is 260 g/mol. The Balaban J connectivity index is 2.63. The lowest BCUT2D eigenvalue weighted by molar-refractivity contribution is -0.139. The van der Waals surface area contributed by atoms with E-state index in [2.05, 4.69) is 5.32 Å². The van der Waals surface area contributed by atoms with Crippen LogP contribution in [0.2, 0.25) is 0 Å². The maximum Gasteiger partial charge on any atom is 0.326 e. The molecule has 0 aliphatic carbocycles. The van der Waals surface area contributed by atoms with Gasteiger partial charge >= 0.3 is 12.0 Å². The van der Waals surface area contributed by atoms with Crippen molar-refractivity contribution in [1.29, 1.82) is 0 Å². The number of carbonyl (C=O) groups excluding carboxylic acids is 1. The predicted octanol–water partition coefficient (Wildman–Crippen LogP) is 1.70. The maximum atomic E-state index is 11.9. The molecule has 6 heteroatoms. The molecule has 0 unspecified atom stereocenters. The van der Waals surface area contributed by atoms with Crippen LogP contribution in [0.5, 0.6) is 5.75 Å². The van der Waals surface area contributed by atoms with Gasteiger partial charge in [-0.3, -0.25) is 0 Å². The highest BCUT2D eigenvalue weighted by atomic mass is 16.5. The number of carbonyl (C=O) groups is 2. The van der Waals surface area contributed by atoms with Crippen LogP contribution in [0.1, 0.15) is 18.9 Å². The van der Waals surface area contributed by atoms with Gasteiger partial charge in [0.15, 0.2) is 0 Å². The molecule has 0 aliphatic rings. The number of amides is 2. The van der Waals surface area contributed by atoms with Crippen LogP contribution in [0.3, 0.4) is 0 Å². The molecule has 0 aliphatic heterocycles. The number of hydrogen-bond donors (Lipinski definition) is 2. The molecule has 0 radical (unpaired) electrons. The third kappa shape index (κ3) is 4.46. The molecular formula is C14H20N2O4. The van der Waals surface area contributed by atoms with Crippen LogP contribution >= 0.6 is 0 Å². The summed E-state index contributed by atoms with van der Waals surface area (Å²) in [5, 5.41) is 11.4. The Bertz CT molecular complexity index is 476. The van der Waals surface area contributed by atoms with Crippen LogP contribution < -0.4 is 10.1 Å². The van der Waals surface area contributed by atoms with Gasteiger partial charge in [-0.15, -0.1) is 0 Å². The van der Waals surface area contributed by atoms with Crippen molar-refractivity contribution in [2.24, 2.45) is 0 Å². The second-order valence-electron chi connectivity index (χ2n) is 4.46. The zero-order valence-electron chi connectivity index (χ0n) is 11.9. The molecule has 1 rings (SSSR count). The molecule has 1 aromatic rings. The van der Waals surface area contributed by atoms with E-state index in [0.717, 1.165) is 5.56 Å². The van der Waals surface area contributed by atoms with Crippen molar-refractivity contribution in [1.82, 2.24) is 10.2 Å². The average Bonchev–Trinajstić information content (AvgIpc) is 2.44. The normalized spacial score (nSPS) is 11.6. The zero-order valence-corrected chi connectivity index (χ0v) is 11.9. The first-order valence-electron chi connectivity index (χ1n) is 6.35. The van der Waals surface area contributed by atoms with E-state index >= 15 is 0 Å². The quantitative estimate of drug-likeness (QED) is 0.831. The SMILES string of the molecule is CC[C@H](NC(=O)N(C)Cc1cccc(OC)c1)C(=O)O. The molecule has 0 spiro atoms. The number of rotatable bonds is 6. The van der Waals surface area contributed by atoms with Gasteiger partial charge in [-0.1, -0.05) is 19.1 Å². The number of nitrogens with zero attached hydrogens (tertiary/aromatic N) is 1. The van der Waals surface area contributed by atoms with Crippen LogP contribution in [0.4, 0.5) is 4.79 Å². The molecule has 6 nitrogen and oxygen atoms in total. The molecule has 0 aromatic heterocycles. The number of hydrogen-bond acceptors (Lipinski definition) is 3. The summed E-state index contributed by atoms with van der Waals surface area (Å²) >= 11 is 0. The summed E-state index contributed by atoms with van der Waals surface area (Å²) in [6, 6.07) is 6.09. The fourth-order valence-corrected chi connectivity index (χ4v) is 1.71. The van der Waals surface area contributed by atoms with Crippen molar-refractivity contribution >= 4 is 12.0 Å². The Hall–Kier alpha value is -2.24. The van der Waals surface area contributed by atoms with E-state index in [1.165, 1.54) is 4.90 Å². The number of urea groups is 1. The predicted molar refractivity (Wildman–Crippen MR) is 74.7 cm³/mol. The maximum absolute atomic E-state index is 11.9. The van der Waals surface area contributed by atoms with E-state index in [4.69, 9.17) is 9.84 Å². The lowest BCUT2D eigenvalue weighted by Gasteiger charge is -2.21. The third-order valence-electron chi connectivity index (χ3n) is 2.90. The first kappa shape index (κ1) is 15.8. The summed E-state index contributed by atoms with van der Waals surface area (Å²) in [4.78, 5) is 24.2. The molecule has 0 bridgehead atoms. The average molecular weight is 280 g/mol. The fraction of sp³-hybridized carbons (Fsp3) is 0.429. The number of aliphatic carboxylic acids is 1. The smallest absolute Gasteiger partial charge is 0.326 e. The largest absolute Gasteiger partial charge is 0.497 e. The lowest BCUT2D eigenvalue weighted by Crippen LogP contribution is -2.46. The number of methoxy groups -OCH3 is 1. The molecule has 0 fully saturated rings. The molecule has 2 N–H and O–H groups in total.